The van der Waals surface area contributed by atoms with Crippen LogP contribution in [0.2, 0.25) is 0 Å². The van der Waals surface area contributed by atoms with Crippen molar-refractivity contribution < 1.29 is 14.3 Å². The van der Waals surface area contributed by atoms with Crippen molar-refractivity contribution in [3.05, 3.63) is 35.7 Å². The summed E-state index contributed by atoms with van der Waals surface area (Å²) < 4.78 is 12.5. The van der Waals surface area contributed by atoms with Crippen LogP contribution in [0.15, 0.2) is 24.3 Å². The Morgan fingerprint density at radius 3 is 2.70 bits per heavy atom. The van der Waals surface area contributed by atoms with Gasteiger partial charge in [-0.1, -0.05) is 18.2 Å². The second kappa shape index (κ2) is 8.92. The number of amides is 1. The van der Waals surface area contributed by atoms with Gasteiger partial charge in [-0.05, 0) is 42.4 Å². The molecule has 1 saturated heterocycles. The smallest absolute Gasteiger partial charge is 0.220 e. The second-order valence-corrected chi connectivity index (χ2v) is 6.61. The number of carbonyl (C=O) groups is 1. The highest BCUT2D eigenvalue weighted by Gasteiger charge is 2.33. The SMILES string of the molecule is COCCn1nnnc1[C@@H](c1ccccc1OC)N1CCC(C(N)=O)CC1. The van der Waals surface area contributed by atoms with Crippen LogP contribution in [0.4, 0.5) is 0 Å². The fourth-order valence-electron chi connectivity index (χ4n) is 3.58. The molecule has 146 valence electrons. The van der Waals surface area contributed by atoms with Gasteiger partial charge in [0.1, 0.15) is 11.8 Å². The van der Waals surface area contributed by atoms with Crippen LogP contribution in [0.3, 0.4) is 0 Å². The monoisotopic (exact) mass is 374 g/mol. The van der Waals surface area contributed by atoms with Crippen molar-refractivity contribution in [1.29, 1.82) is 0 Å². The van der Waals surface area contributed by atoms with Crippen molar-refractivity contribution in [2.24, 2.45) is 11.7 Å². The van der Waals surface area contributed by atoms with E-state index in [-0.39, 0.29) is 17.9 Å². The summed E-state index contributed by atoms with van der Waals surface area (Å²) in [6.45, 7) is 2.53. The summed E-state index contributed by atoms with van der Waals surface area (Å²) in [5.74, 6) is 1.20. The number of nitrogens with two attached hydrogens (primary N) is 1. The van der Waals surface area contributed by atoms with E-state index in [2.05, 4.69) is 20.4 Å². The van der Waals surface area contributed by atoms with Gasteiger partial charge in [-0.15, -0.1) is 5.10 Å². The van der Waals surface area contributed by atoms with E-state index in [4.69, 9.17) is 15.2 Å². The number of ether oxygens (including phenoxy) is 2. The lowest BCUT2D eigenvalue weighted by Gasteiger charge is -2.36. The van der Waals surface area contributed by atoms with E-state index in [1.807, 2.05) is 24.3 Å². The minimum atomic E-state index is -0.228. The van der Waals surface area contributed by atoms with Crippen LogP contribution in [0.1, 0.15) is 30.3 Å². The third kappa shape index (κ3) is 4.25. The molecule has 1 aliphatic rings. The number of primary amides is 1. The number of benzene rings is 1. The molecule has 1 amide bonds. The van der Waals surface area contributed by atoms with Gasteiger partial charge in [0, 0.05) is 18.6 Å². The van der Waals surface area contributed by atoms with Crippen molar-refractivity contribution in [2.75, 3.05) is 33.9 Å². The minimum Gasteiger partial charge on any atom is -0.496 e. The highest BCUT2D eigenvalue weighted by molar-refractivity contribution is 5.76. The van der Waals surface area contributed by atoms with Crippen molar-refractivity contribution in [3.8, 4) is 5.75 Å². The summed E-state index contributed by atoms with van der Waals surface area (Å²) in [5, 5.41) is 12.3. The van der Waals surface area contributed by atoms with E-state index in [0.29, 0.717) is 13.2 Å². The average molecular weight is 374 g/mol. The number of piperidine rings is 1. The zero-order valence-electron chi connectivity index (χ0n) is 15.7. The standard InChI is InChI=1S/C18H26N6O3/c1-26-12-11-24-18(20-21-22-24)16(14-5-3-4-6-15(14)27-2)23-9-7-13(8-10-23)17(19)25/h3-6,13,16H,7-12H2,1-2H3,(H2,19,25)/t16-/m1/s1. The van der Waals surface area contributed by atoms with Gasteiger partial charge in [0.15, 0.2) is 5.82 Å². The number of aromatic nitrogens is 4. The Morgan fingerprint density at radius 1 is 1.30 bits per heavy atom. The van der Waals surface area contributed by atoms with Crippen LogP contribution >= 0.6 is 0 Å². The van der Waals surface area contributed by atoms with Crippen LogP contribution < -0.4 is 10.5 Å². The Kier molecular flexibility index (Phi) is 6.36. The molecule has 0 aliphatic carbocycles. The van der Waals surface area contributed by atoms with Gasteiger partial charge in [0.25, 0.3) is 0 Å². The topological polar surface area (TPSA) is 108 Å². The summed E-state index contributed by atoms with van der Waals surface area (Å²) in [5.41, 5.74) is 6.48. The molecule has 9 nitrogen and oxygen atoms in total. The van der Waals surface area contributed by atoms with Gasteiger partial charge < -0.3 is 15.2 Å². The van der Waals surface area contributed by atoms with Crippen LogP contribution in [0, 0.1) is 5.92 Å². The molecule has 1 aromatic heterocycles. The van der Waals surface area contributed by atoms with Crippen LogP contribution in [0.25, 0.3) is 0 Å². The lowest BCUT2D eigenvalue weighted by Crippen LogP contribution is -2.41. The van der Waals surface area contributed by atoms with Crippen LogP contribution in [-0.2, 0) is 16.1 Å². The molecule has 0 unspecified atom stereocenters. The Bertz CT molecular complexity index is 757. The molecule has 0 saturated carbocycles. The summed E-state index contributed by atoms with van der Waals surface area (Å²) in [7, 11) is 3.31. The Labute approximate surface area is 158 Å². The van der Waals surface area contributed by atoms with Crippen molar-refractivity contribution in [2.45, 2.75) is 25.4 Å². The molecule has 1 aromatic carbocycles. The predicted octanol–water partition coefficient (Wildman–Crippen LogP) is 0.615. The summed E-state index contributed by atoms with van der Waals surface area (Å²) >= 11 is 0. The number of para-hydroxylation sites is 1. The number of likely N-dealkylation sites (tertiary alicyclic amines) is 1. The molecule has 9 heteroatoms. The maximum atomic E-state index is 11.5. The van der Waals surface area contributed by atoms with Gasteiger partial charge in [-0.3, -0.25) is 9.69 Å². The lowest BCUT2D eigenvalue weighted by molar-refractivity contribution is -0.123. The molecule has 27 heavy (non-hydrogen) atoms. The first-order valence-electron chi connectivity index (χ1n) is 9.07. The van der Waals surface area contributed by atoms with Gasteiger partial charge in [-0.2, -0.15) is 0 Å². The van der Waals surface area contributed by atoms with Crippen molar-refractivity contribution in [1.82, 2.24) is 25.1 Å². The molecule has 1 fully saturated rings. The van der Waals surface area contributed by atoms with E-state index in [1.54, 1.807) is 18.9 Å². The number of hydrogen-bond donors (Lipinski definition) is 1. The van der Waals surface area contributed by atoms with E-state index < -0.39 is 0 Å². The quantitative estimate of drug-likeness (QED) is 0.721. The lowest BCUT2D eigenvalue weighted by atomic mass is 9.93. The van der Waals surface area contributed by atoms with Crippen molar-refractivity contribution in [3.63, 3.8) is 0 Å². The van der Waals surface area contributed by atoms with Gasteiger partial charge in [0.05, 0.1) is 20.3 Å². The fraction of sp³-hybridized carbons (Fsp3) is 0.556. The summed E-state index contributed by atoms with van der Waals surface area (Å²) in [6.07, 6.45) is 1.45. The first-order chi connectivity index (χ1) is 13.2. The molecular weight excluding hydrogens is 348 g/mol. The maximum Gasteiger partial charge on any atom is 0.220 e. The largest absolute Gasteiger partial charge is 0.496 e. The van der Waals surface area contributed by atoms with E-state index in [1.165, 1.54) is 0 Å². The molecule has 2 N–H and O–H groups in total. The minimum absolute atomic E-state index is 0.0796. The molecule has 0 radical (unpaired) electrons. The molecule has 1 atom stereocenters. The zero-order valence-corrected chi connectivity index (χ0v) is 15.7. The molecular formula is C18H26N6O3. The number of methoxy groups -OCH3 is 2. The third-order valence-electron chi connectivity index (χ3n) is 5.04. The van der Waals surface area contributed by atoms with Crippen LogP contribution in [-0.4, -0.2) is 64.9 Å². The van der Waals surface area contributed by atoms with Gasteiger partial charge >= 0.3 is 0 Å². The normalized spacial score (nSPS) is 17.0. The molecule has 3 rings (SSSR count). The number of rotatable bonds is 8. The second-order valence-electron chi connectivity index (χ2n) is 6.61. The molecule has 0 spiro atoms. The summed E-state index contributed by atoms with van der Waals surface area (Å²) in [6, 6.07) is 7.69. The summed E-state index contributed by atoms with van der Waals surface area (Å²) in [4.78, 5) is 13.8. The molecule has 0 bridgehead atoms. The molecule has 1 aliphatic heterocycles. The number of carbonyl (C=O) groups excluding carboxylic acids is 1. The number of hydrogen-bond acceptors (Lipinski definition) is 7. The van der Waals surface area contributed by atoms with Gasteiger partial charge in [0.2, 0.25) is 5.91 Å². The van der Waals surface area contributed by atoms with Crippen LogP contribution in [0.5, 0.6) is 5.75 Å². The highest BCUT2D eigenvalue weighted by Crippen LogP contribution is 2.35. The Hall–Kier alpha value is -2.52. The number of nitrogens with zero attached hydrogens (tertiary/aromatic N) is 5. The Morgan fingerprint density at radius 2 is 2.04 bits per heavy atom. The highest BCUT2D eigenvalue weighted by atomic mass is 16.5. The molecule has 2 heterocycles. The predicted molar refractivity (Wildman–Crippen MR) is 98.0 cm³/mol. The van der Waals surface area contributed by atoms with E-state index >= 15 is 0 Å². The first-order valence-corrected chi connectivity index (χ1v) is 9.07. The average Bonchev–Trinajstić information content (AvgIpc) is 3.15. The first kappa shape index (κ1) is 19.2. The van der Waals surface area contributed by atoms with E-state index in [0.717, 1.165) is 43.1 Å². The number of tetrazole rings is 1. The van der Waals surface area contributed by atoms with Gasteiger partial charge in [-0.25, -0.2) is 4.68 Å². The van der Waals surface area contributed by atoms with E-state index in [9.17, 15) is 4.79 Å². The fourth-order valence-corrected chi connectivity index (χ4v) is 3.58. The zero-order chi connectivity index (χ0) is 19.2. The van der Waals surface area contributed by atoms with Crippen molar-refractivity contribution >= 4 is 5.91 Å². The maximum absolute atomic E-state index is 11.5. The molecule has 2 aromatic rings. The Balaban J connectivity index is 1.95. The third-order valence-corrected chi connectivity index (χ3v) is 5.04.